The van der Waals surface area contributed by atoms with Crippen LogP contribution in [-0.4, -0.2) is 17.9 Å². The van der Waals surface area contributed by atoms with Crippen LogP contribution >= 0.6 is 11.6 Å². The quantitative estimate of drug-likeness (QED) is 0.578. The SMILES string of the molecule is Cc1cccc(N2C(=O)[C@H]3[C@@H](ON(c4ccccc4)[C@H]3c3ccc(Cl)cc3)C2=O)c1. The van der Waals surface area contributed by atoms with Crippen LogP contribution in [0.4, 0.5) is 11.4 Å². The molecule has 150 valence electrons. The number of imide groups is 1. The van der Waals surface area contributed by atoms with Gasteiger partial charge in [-0.15, -0.1) is 0 Å². The second kappa shape index (κ2) is 7.27. The molecule has 0 N–H and O–H groups in total. The second-order valence-electron chi connectivity index (χ2n) is 7.56. The van der Waals surface area contributed by atoms with Crippen molar-refractivity contribution in [3.63, 3.8) is 0 Å². The maximum Gasteiger partial charge on any atom is 0.266 e. The van der Waals surface area contributed by atoms with E-state index in [1.807, 2.05) is 67.6 Å². The van der Waals surface area contributed by atoms with Gasteiger partial charge in [-0.1, -0.05) is 54.1 Å². The Hall–Kier alpha value is -3.15. The molecule has 2 saturated heterocycles. The summed E-state index contributed by atoms with van der Waals surface area (Å²) >= 11 is 6.08. The number of benzene rings is 3. The van der Waals surface area contributed by atoms with Gasteiger partial charge < -0.3 is 0 Å². The molecule has 0 saturated carbocycles. The van der Waals surface area contributed by atoms with Crippen molar-refractivity contribution in [1.29, 1.82) is 0 Å². The lowest BCUT2D eigenvalue weighted by Gasteiger charge is -2.28. The van der Waals surface area contributed by atoms with E-state index in [1.165, 1.54) is 4.90 Å². The largest absolute Gasteiger partial charge is 0.273 e. The molecular formula is C24H19ClN2O3. The number of halogens is 1. The number of para-hydroxylation sites is 1. The summed E-state index contributed by atoms with van der Waals surface area (Å²) in [5.41, 5.74) is 3.20. The smallest absolute Gasteiger partial charge is 0.266 e. The lowest BCUT2D eigenvalue weighted by molar-refractivity contribution is -0.126. The molecule has 0 aliphatic carbocycles. The van der Waals surface area contributed by atoms with E-state index in [4.69, 9.17) is 16.4 Å². The molecule has 0 radical (unpaired) electrons. The topological polar surface area (TPSA) is 49.9 Å². The van der Waals surface area contributed by atoms with Crippen molar-refractivity contribution < 1.29 is 14.4 Å². The third kappa shape index (κ3) is 2.98. The van der Waals surface area contributed by atoms with E-state index >= 15 is 0 Å². The molecule has 0 bridgehead atoms. The van der Waals surface area contributed by atoms with Gasteiger partial charge in [0.1, 0.15) is 5.92 Å². The Bertz CT molecular complexity index is 1120. The second-order valence-corrected chi connectivity index (χ2v) is 8.00. The Kier molecular flexibility index (Phi) is 4.57. The normalized spacial score (nSPS) is 23.2. The average Bonchev–Trinajstić information content (AvgIpc) is 3.26. The maximum atomic E-state index is 13.5. The van der Waals surface area contributed by atoms with Gasteiger partial charge in [0, 0.05) is 5.02 Å². The van der Waals surface area contributed by atoms with Gasteiger partial charge in [-0.3, -0.25) is 14.4 Å². The van der Waals surface area contributed by atoms with Gasteiger partial charge in [-0.25, -0.2) is 9.96 Å². The molecule has 0 aromatic heterocycles. The Morgan fingerprint density at radius 1 is 0.833 bits per heavy atom. The van der Waals surface area contributed by atoms with Crippen molar-refractivity contribution in [2.24, 2.45) is 5.92 Å². The van der Waals surface area contributed by atoms with Crippen LogP contribution in [0.15, 0.2) is 78.9 Å². The number of hydrogen-bond acceptors (Lipinski definition) is 4. The number of nitrogens with zero attached hydrogens (tertiary/aromatic N) is 2. The minimum Gasteiger partial charge on any atom is -0.273 e. The molecular weight excluding hydrogens is 400 g/mol. The molecule has 2 aliphatic rings. The molecule has 30 heavy (non-hydrogen) atoms. The van der Waals surface area contributed by atoms with Crippen LogP contribution in [-0.2, 0) is 14.4 Å². The predicted molar refractivity (Wildman–Crippen MR) is 115 cm³/mol. The minimum atomic E-state index is -0.876. The van der Waals surface area contributed by atoms with E-state index in [1.54, 1.807) is 23.3 Å². The summed E-state index contributed by atoms with van der Waals surface area (Å²) in [5, 5.41) is 2.29. The molecule has 2 heterocycles. The molecule has 5 rings (SSSR count). The first-order valence-corrected chi connectivity index (χ1v) is 10.1. The summed E-state index contributed by atoms with van der Waals surface area (Å²) in [5.74, 6) is -1.25. The van der Waals surface area contributed by atoms with Gasteiger partial charge >= 0.3 is 0 Å². The third-order valence-electron chi connectivity index (χ3n) is 5.60. The Morgan fingerprint density at radius 3 is 2.23 bits per heavy atom. The van der Waals surface area contributed by atoms with E-state index in [-0.39, 0.29) is 11.8 Å². The number of carbonyl (C=O) groups is 2. The van der Waals surface area contributed by atoms with Crippen LogP contribution < -0.4 is 9.96 Å². The van der Waals surface area contributed by atoms with Crippen LogP contribution in [0.5, 0.6) is 0 Å². The highest BCUT2D eigenvalue weighted by Gasteiger charge is 2.60. The van der Waals surface area contributed by atoms with Gasteiger partial charge in [-0.2, -0.15) is 0 Å². The lowest BCUT2D eigenvalue weighted by Crippen LogP contribution is -2.37. The fourth-order valence-electron chi connectivity index (χ4n) is 4.23. The zero-order valence-corrected chi connectivity index (χ0v) is 17.0. The summed E-state index contributed by atoms with van der Waals surface area (Å²) in [6.07, 6.45) is -0.876. The molecule has 5 nitrogen and oxygen atoms in total. The summed E-state index contributed by atoms with van der Waals surface area (Å²) in [6, 6.07) is 23.8. The monoisotopic (exact) mass is 418 g/mol. The van der Waals surface area contributed by atoms with E-state index in [9.17, 15) is 9.59 Å². The molecule has 0 spiro atoms. The van der Waals surface area contributed by atoms with Crippen LogP contribution in [0, 0.1) is 12.8 Å². The standard InChI is InChI=1S/C24H19ClN2O3/c1-15-6-5-9-19(14-15)26-23(28)20-21(16-10-12-17(25)13-11-16)27(30-22(20)24(26)29)18-7-3-2-4-8-18/h2-14,20-22H,1H3/t20-,21+,22-/m1/s1. The number of hydrogen-bond donors (Lipinski definition) is 0. The van der Waals surface area contributed by atoms with Crippen LogP contribution in [0.1, 0.15) is 17.2 Å². The van der Waals surface area contributed by atoms with Crippen molar-refractivity contribution in [3.8, 4) is 0 Å². The number of aryl methyl sites for hydroxylation is 1. The first-order valence-electron chi connectivity index (χ1n) is 9.75. The molecule has 3 aromatic rings. The van der Waals surface area contributed by atoms with Crippen LogP contribution in [0.25, 0.3) is 0 Å². The van der Waals surface area contributed by atoms with Gasteiger partial charge in [0.2, 0.25) is 5.91 Å². The van der Waals surface area contributed by atoms with Crippen molar-refractivity contribution in [2.75, 3.05) is 9.96 Å². The zero-order chi connectivity index (χ0) is 20.8. The summed E-state index contributed by atoms with van der Waals surface area (Å²) in [7, 11) is 0. The average molecular weight is 419 g/mol. The fourth-order valence-corrected chi connectivity index (χ4v) is 4.36. The Balaban J connectivity index is 1.59. The van der Waals surface area contributed by atoms with E-state index in [0.717, 1.165) is 16.8 Å². The van der Waals surface area contributed by atoms with Gasteiger partial charge in [0.05, 0.1) is 17.4 Å². The summed E-state index contributed by atoms with van der Waals surface area (Å²) in [4.78, 5) is 34.1. The van der Waals surface area contributed by atoms with E-state index in [2.05, 4.69) is 0 Å². The van der Waals surface area contributed by atoms with Crippen LogP contribution in [0.2, 0.25) is 5.02 Å². The predicted octanol–water partition coefficient (Wildman–Crippen LogP) is 4.70. The fraction of sp³-hybridized carbons (Fsp3) is 0.167. The van der Waals surface area contributed by atoms with Crippen molar-refractivity contribution in [2.45, 2.75) is 19.1 Å². The number of hydroxylamine groups is 1. The molecule has 2 aliphatic heterocycles. The zero-order valence-electron chi connectivity index (χ0n) is 16.2. The van der Waals surface area contributed by atoms with E-state index in [0.29, 0.717) is 10.7 Å². The number of rotatable bonds is 3. The maximum absolute atomic E-state index is 13.5. The third-order valence-corrected chi connectivity index (χ3v) is 5.85. The summed E-state index contributed by atoms with van der Waals surface area (Å²) < 4.78 is 0. The first kappa shape index (κ1) is 18.9. The van der Waals surface area contributed by atoms with Crippen molar-refractivity contribution in [1.82, 2.24) is 0 Å². The Morgan fingerprint density at radius 2 is 1.53 bits per heavy atom. The molecule has 0 unspecified atom stereocenters. The summed E-state index contributed by atoms with van der Waals surface area (Å²) in [6.45, 7) is 1.93. The number of carbonyl (C=O) groups excluding carboxylic acids is 2. The highest BCUT2D eigenvalue weighted by molar-refractivity contribution is 6.30. The minimum absolute atomic E-state index is 0.256. The number of fused-ring (bicyclic) bond motifs is 1. The van der Waals surface area contributed by atoms with Gasteiger partial charge in [0.25, 0.3) is 5.91 Å². The molecule has 2 fully saturated rings. The Labute approximate surface area is 179 Å². The highest BCUT2D eigenvalue weighted by Crippen LogP contribution is 2.47. The molecule has 3 atom stereocenters. The van der Waals surface area contributed by atoms with Crippen molar-refractivity contribution >= 4 is 34.8 Å². The highest BCUT2D eigenvalue weighted by atomic mass is 35.5. The van der Waals surface area contributed by atoms with Gasteiger partial charge in [-0.05, 0) is 54.4 Å². The van der Waals surface area contributed by atoms with Crippen LogP contribution in [0.3, 0.4) is 0 Å². The number of anilines is 2. The molecule has 2 amide bonds. The molecule has 6 heteroatoms. The van der Waals surface area contributed by atoms with Gasteiger partial charge in [0.15, 0.2) is 6.10 Å². The number of amides is 2. The lowest BCUT2D eigenvalue weighted by atomic mass is 9.90. The van der Waals surface area contributed by atoms with Crippen molar-refractivity contribution in [3.05, 3.63) is 95.0 Å². The first-order chi connectivity index (χ1) is 14.5. The molecule has 3 aromatic carbocycles. The van der Waals surface area contributed by atoms with E-state index < -0.39 is 18.1 Å².